The highest BCUT2D eigenvalue weighted by atomic mass is 35.5. The maximum Gasteiger partial charge on any atom is 0.287 e. The van der Waals surface area contributed by atoms with Gasteiger partial charge in [0.25, 0.3) is 5.91 Å². The van der Waals surface area contributed by atoms with Crippen LogP contribution < -0.4 is 10.1 Å². The van der Waals surface area contributed by atoms with Crippen LogP contribution in [-0.4, -0.2) is 43.6 Å². The van der Waals surface area contributed by atoms with Crippen molar-refractivity contribution in [3.8, 4) is 16.9 Å². The van der Waals surface area contributed by atoms with Crippen LogP contribution in [0, 0.1) is 5.92 Å². The minimum Gasteiger partial charge on any atom is -0.497 e. The minimum atomic E-state index is -0.119. The number of halogens is 1. The van der Waals surface area contributed by atoms with Gasteiger partial charge in [0.15, 0.2) is 5.76 Å². The third-order valence-electron chi connectivity index (χ3n) is 6.12. The van der Waals surface area contributed by atoms with Crippen molar-refractivity contribution in [2.24, 2.45) is 5.92 Å². The van der Waals surface area contributed by atoms with Crippen molar-refractivity contribution in [1.82, 2.24) is 10.2 Å². The Kier molecular flexibility index (Phi) is 5.52. The molecule has 3 saturated heterocycles. The third-order valence-corrected chi connectivity index (χ3v) is 6.12. The molecule has 5 nitrogen and oxygen atoms in total. The van der Waals surface area contributed by atoms with Crippen LogP contribution in [-0.2, 0) is 0 Å². The van der Waals surface area contributed by atoms with E-state index in [0.29, 0.717) is 11.7 Å². The lowest BCUT2D eigenvalue weighted by atomic mass is 9.84. The lowest BCUT2D eigenvalue weighted by molar-refractivity contribution is 0.0607. The van der Waals surface area contributed by atoms with Crippen LogP contribution in [0.3, 0.4) is 0 Å². The number of benzene rings is 2. The zero-order chi connectivity index (χ0) is 19.1. The van der Waals surface area contributed by atoms with E-state index in [-0.39, 0.29) is 24.4 Å². The topological polar surface area (TPSA) is 54.7 Å². The summed E-state index contributed by atoms with van der Waals surface area (Å²) < 4.78 is 11.4. The van der Waals surface area contributed by atoms with E-state index in [1.807, 2.05) is 48.5 Å². The molecule has 0 spiro atoms. The standard InChI is InChI=1S/C23H24N2O3.ClH/c1-27-18-6-2-4-16(12-18)19-7-3-5-17-13-21(28-22(17)19)23(26)24-20-14-25-10-8-15(20)9-11-25;/h2-7,12-13,15,20H,8-11,14H2,1H3,(H,24,26);1H/t20-;/m0./s1. The van der Waals surface area contributed by atoms with Gasteiger partial charge < -0.3 is 19.4 Å². The maximum atomic E-state index is 12.9. The molecular formula is C23H25ClN2O3. The molecule has 3 fully saturated rings. The van der Waals surface area contributed by atoms with E-state index in [9.17, 15) is 4.79 Å². The number of hydrogen-bond donors (Lipinski definition) is 1. The molecule has 3 aromatic rings. The Balaban J connectivity index is 0.00000205. The number of hydrogen-bond acceptors (Lipinski definition) is 4. The number of piperidine rings is 3. The Labute approximate surface area is 176 Å². The zero-order valence-corrected chi connectivity index (χ0v) is 17.2. The SMILES string of the molecule is COc1cccc(-c2cccc3cc(C(=O)N[C@H]4CN5CCC4CC5)oc23)c1.Cl. The molecule has 3 aliphatic rings. The maximum absolute atomic E-state index is 12.9. The van der Waals surface area contributed by atoms with Gasteiger partial charge in [-0.3, -0.25) is 4.79 Å². The van der Waals surface area contributed by atoms with E-state index in [2.05, 4.69) is 10.2 Å². The van der Waals surface area contributed by atoms with Gasteiger partial charge in [0.2, 0.25) is 0 Å². The van der Waals surface area contributed by atoms with E-state index in [1.54, 1.807) is 7.11 Å². The molecule has 3 aliphatic heterocycles. The molecule has 0 unspecified atom stereocenters. The van der Waals surface area contributed by atoms with Gasteiger partial charge in [-0.05, 0) is 55.6 Å². The van der Waals surface area contributed by atoms with Crippen LogP contribution >= 0.6 is 12.4 Å². The first-order valence-electron chi connectivity index (χ1n) is 9.91. The van der Waals surface area contributed by atoms with Crippen LogP contribution in [0.4, 0.5) is 0 Å². The molecule has 6 heteroatoms. The number of carbonyl (C=O) groups excluding carboxylic acids is 1. The number of rotatable bonds is 4. The molecule has 152 valence electrons. The van der Waals surface area contributed by atoms with Gasteiger partial charge in [-0.25, -0.2) is 0 Å². The number of nitrogens with one attached hydrogen (secondary N) is 1. The number of furan rings is 1. The Hall–Kier alpha value is -2.50. The summed E-state index contributed by atoms with van der Waals surface area (Å²) in [6, 6.07) is 15.9. The second-order valence-corrected chi connectivity index (χ2v) is 7.78. The number of para-hydroxylation sites is 1. The van der Waals surface area contributed by atoms with Gasteiger partial charge in [-0.2, -0.15) is 0 Å². The molecule has 1 atom stereocenters. The average Bonchev–Trinajstić information content (AvgIpc) is 3.19. The number of amides is 1. The summed E-state index contributed by atoms with van der Waals surface area (Å²) in [6.45, 7) is 3.27. The summed E-state index contributed by atoms with van der Waals surface area (Å²) in [5, 5.41) is 4.14. The van der Waals surface area contributed by atoms with Gasteiger partial charge in [0.05, 0.1) is 7.11 Å². The molecular weight excluding hydrogens is 388 g/mol. The normalized spacial score (nSPS) is 22.9. The third kappa shape index (κ3) is 3.72. The average molecular weight is 413 g/mol. The summed E-state index contributed by atoms with van der Waals surface area (Å²) >= 11 is 0. The molecule has 0 aliphatic carbocycles. The fraction of sp³-hybridized carbons (Fsp3) is 0.348. The van der Waals surface area contributed by atoms with Crippen molar-refractivity contribution in [3.63, 3.8) is 0 Å². The Bertz CT molecular complexity index is 1020. The molecule has 1 aromatic heterocycles. The number of ether oxygens (including phenoxy) is 1. The van der Waals surface area contributed by atoms with Crippen LogP contribution in [0.5, 0.6) is 5.75 Å². The van der Waals surface area contributed by atoms with Gasteiger partial charge in [-0.1, -0.05) is 30.3 Å². The quantitative estimate of drug-likeness (QED) is 0.692. The largest absolute Gasteiger partial charge is 0.497 e. The lowest BCUT2D eigenvalue weighted by Crippen LogP contribution is -2.57. The Morgan fingerprint density at radius 2 is 1.93 bits per heavy atom. The molecule has 29 heavy (non-hydrogen) atoms. The van der Waals surface area contributed by atoms with Crippen molar-refractivity contribution in [1.29, 1.82) is 0 Å². The van der Waals surface area contributed by atoms with Crippen LogP contribution in [0.2, 0.25) is 0 Å². The Morgan fingerprint density at radius 3 is 2.66 bits per heavy atom. The van der Waals surface area contributed by atoms with E-state index in [0.717, 1.165) is 47.5 Å². The van der Waals surface area contributed by atoms with E-state index in [1.165, 1.54) is 12.8 Å². The highest BCUT2D eigenvalue weighted by molar-refractivity contribution is 6.00. The molecule has 1 amide bonds. The number of carbonyl (C=O) groups is 1. The molecule has 4 heterocycles. The second kappa shape index (κ2) is 8.09. The van der Waals surface area contributed by atoms with Gasteiger partial charge in [-0.15, -0.1) is 12.4 Å². The molecule has 6 rings (SSSR count). The van der Waals surface area contributed by atoms with Crippen molar-refractivity contribution < 1.29 is 13.9 Å². The number of methoxy groups -OCH3 is 1. The summed E-state index contributed by atoms with van der Waals surface area (Å²) in [5.41, 5.74) is 2.69. The molecule has 1 N–H and O–H groups in total. The highest BCUT2D eigenvalue weighted by Crippen LogP contribution is 2.33. The van der Waals surface area contributed by atoms with Crippen molar-refractivity contribution in [3.05, 3.63) is 54.3 Å². The fourth-order valence-corrected chi connectivity index (χ4v) is 4.56. The van der Waals surface area contributed by atoms with Crippen molar-refractivity contribution in [2.45, 2.75) is 18.9 Å². The smallest absolute Gasteiger partial charge is 0.287 e. The monoisotopic (exact) mass is 412 g/mol. The number of nitrogens with zero attached hydrogens (tertiary/aromatic N) is 1. The highest BCUT2D eigenvalue weighted by Gasteiger charge is 2.35. The minimum absolute atomic E-state index is 0. The Morgan fingerprint density at radius 1 is 1.14 bits per heavy atom. The first kappa shape index (κ1) is 19.8. The van der Waals surface area contributed by atoms with Gasteiger partial charge >= 0.3 is 0 Å². The van der Waals surface area contributed by atoms with Crippen LogP contribution in [0.15, 0.2) is 52.9 Å². The summed E-state index contributed by atoms with van der Waals surface area (Å²) in [5.74, 6) is 1.64. The molecule has 2 aromatic carbocycles. The number of fused-ring (bicyclic) bond motifs is 4. The lowest BCUT2D eigenvalue weighted by Gasteiger charge is -2.44. The van der Waals surface area contributed by atoms with E-state index < -0.39 is 0 Å². The van der Waals surface area contributed by atoms with Crippen molar-refractivity contribution >= 4 is 29.3 Å². The first-order valence-corrected chi connectivity index (χ1v) is 9.91. The predicted molar refractivity (Wildman–Crippen MR) is 116 cm³/mol. The molecule has 0 radical (unpaired) electrons. The van der Waals surface area contributed by atoms with E-state index in [4.69, 9.17) is 9.15 Å². The second-order valence-electron chi connectivity index (χ2n) is 7.78. The zero-order valence-electron chi connectivity index (χ0n) is 16.4. The first-order chi connectivity index (χ1) is 13.7. The summed E-state index contributed by atoms with van der Waals surface area (Å²) in [7, 11) is 1.66. The van der Waals surface area contributed by atoms with Crippen molar-refractivity contribution in [2.75, 3.05) is 26.7 Å². The fourth-order valence-electron chi connectivity index (χ4n) is 4.56. The van der Waals surface area contributed by atoms with Crippen LogP contribution in [0.25, 0.3) is 22.1 Å². The van der Waals surface area contributed by atoms with Gasteiger partial charge in [0, 0.05) is 23.5 Å². The molecule has 0 saturated carbocycles. The molecule has 2 bridgehead atoms. The van der Waals surface area contributed by atoms with E-state index >= 15 is 0 Å². The van der Waals surface area contributed by atoms with Gasteiger partial charge in [0.1, 0.15) is 11.3 Å². The van der Waals surface area contributed by atoms with Crippen LogP contribution in [0.1, 0.15) is 23.4 Å². The summed E-state index contributed by atoms with van der Waals surface area (Å²) in [4.78, 5) is 15.3. The summed E-state index contributed by atoms with van der Waals surface area (Å²) in [6.07, 6.45) is 2.34. The predicted octanol–water partition coefficient (Wildman–Crippen LogP) is 4.35.